The zero-order valence-corrected chi connectivity index (χ0v) is 33.3. The minimum Gasteiger partial charge on any atom is -0.456 e. The second-order valence-electron chi connectivity index (χ2n) is 16.5. The first-order valence-corrected chi connectivity index (χ1v) is 20.6. The van der Waals surface area contributed by atoms with Crippen LogP contribution in [0.2, 0.25) is 0 Å². The van der Waals surface area contributed by atoms with Crippen LogP contribution >= 0.6 is 0 Å². The van der Waals surface area contributed by atoms with E-state index in [1.54, 1.807) is 0 Å². The van der Waals surface area contributed by atoms with E-state index in [1.807, 2.05) is 0 Å². The molecular formula is C57H39NO2. The topological polar surface area (TPSA) is 29.5 Å². The van der Waals surface area contributed by atoms with Gasteiger partial charge in [0.05, 0.1) is 0 Å². The van der Waals surface area contributed by atoms with Crippen molar-refractivity contribution < 1.29 is 8.83 Å². The van der Waals surface area contributed by atoms with Crippen molar-refractivity contribution in [3.8, 4) is 44.5 Å². The van der Waals surface area contributed by atoms with Crippen molar-refractivity contribution in [3.05, 3.63) is 211 Å². The second-order valence-corrected chi connectivity index (χ2v) is 16.5. The molecule has 60 heavy (non-hydrogen) atoms. The molecule has 2 heterocycles. The summed E-state index contributed by atoms with van der Waals surface area (Å²) in [6.07, 6.45) is 0. The lowest BCUT2D eigenvalue weighted by Gasteiger charge is -2.26. The summed E-state index contributed by atoms with van der Waals surface area (Å²) < 4.78 is 13.2. The van der Waals surface area contributed by atoms with Gasteiger partial charge in [0.25, 0.3) is 0 Å². The molecule has 284 valence electrons. The summed E-state index contributed by atoms with van der Waals surface area (Å²) in [5.74, 6) is 0. The predicted molar refractivity (Wildman–Crippen MR) is 250 cm³/mol. The van der Waals surface area contributed by atoms with E-state index in [2.05, 4.69) is 219 Å². The molecule has 3 nitrogen and oxygen atoms in total. The number of hydrogen-bond donors (Lipinski definition) is 0. The number of anilines is 3. The van der Waals surface area contributed by atoms with Crippen LogP contribution in [-0.2, 0) is 5.41 Å². The first kappa shape index (κ1) is 34.4. The molecule has 0 saturated carbocycles. The standard InChI is InChI=1S/C57H39NO2/c1-57(2)51-16-10-9-15-45(51)46-31-40(21-28-52(46)57)41-22-29-53-47(32-41)49-34-56-50(35-55(49)59-53)48-33-44(27-30-54(48)60-56)58(42-23-17-38(18-24-42)36-11-5-3-6-12-36)43-25-19-39(20-26-43)37-13-7-4-8-14-37/h3-35H,1-2H3. The van der Waals surface area contributed by atoms with E-state index in [0.29, 0.717) is 0 Å². The van der Waals surface area contributed by atoms with E-state index < -0.39 is 0 Å². The van der Waals surface area contributed by atoms with Crippen LogP contribution in [0.3, 0.4) is 0 Å². The van der Waals surface area contributed by atoms with Crippen molar-refractivity contribution >= 4 is 60.9 Å². The van der Waals surface area contributed by atoms with E-state index >= 15 is 0 Å². The summed E-state index contributed by atoms with van der Waals surface area (Å²) in [5.41, 5.74) is 19.1. The van der Waals surface area contributed by atoms with Crippen LogP contribution in [0.25, 0.3) is 88.4 Å². The second kappa shape index (κ2) is 13.2. The van der Waals surface area contributed by atoms with Crippen molar-refractivity contribution in [1.82, 2.24) is 0 Å². The Hall–Kier alpha value is -7.62. The van der Waals surface area contributed by atoms with Crippen LogP contribution in [-0.4, -0.2) is 0 Å². The Morgan fingerprint density at radius 1 is 0.317 bits per heavy atom. The van der Waals surface area contributed by atoms with Gasteiger partial charge in [-0.2, -0.15) is 0 Å². The Labute approximate surface area is 348 Å². The van der Waals surface area contributed by atoms with Gasteiger partial charge in [-0.1, -0.05) is 141 Å². The molecule has 0 bridgehead atoms. The Balaban J connectivity index is 0.951. The van der Waals surface area contributed by atoms with Crippen molar-refractivity contribution in [1.29, 1.82) is 0 Å². The van der Waals surface area contributed by atoms with Gasteiger partial charge in [0.15, 0.2) is 0 Å². The van der Waals surface area contributed by atoms with Crippen LogP contribution in [0.15, 0.2) is 209 Å². The highest BCUT2D eigenvalue weighted by Gasteiger charge is 2.35. The first-order valence-electron chi connectivity index (χ1n) is 20.6. The lowest BCUT2D eigenvalue weighted by molar-refractivity contribution is 0.660. The SMILES string of the molecule is CC1(C)c2ccccc2-c2cc(-c3ccc4oc5cc6c(cc5c4c3)oc3ccc(N(c4ccc(-c5ccccc5)cc4)c4ccc(-c5ccccc5)cc4)cc36)ccc21. The lowest BCUT2D eigenvalue weighted by Crippen LogP contribution is -2.14. The molecule has 12 rings (SSSR count). The molecule has 0 atom stereocenters. The number of rotatable bonds is 6. The number of hydrogen-bond acceptors (Lipinski definition) is 3. The molecule has 9 aromatic carbocycles. The monoisotopic (exact) mass is 769 g/mol. The Bertz CT molecular complexity index is 3340. The van der Waals surface area contributed by atoms with E-state index in [9.17, 15) is 0 Å². The fourth-order valence-electron chi connectivity index (χ4n) is 9.57. The molecule has 1 aliphatic rings. The Morgan fingerprint density at radius 3 is 1.37 bits per heavy atom. The molecule has 0 aliphatic heterocycles. The van der Waals surface area contributed by atoms with E-state index in [4.69, 9.17) is 8.83 Å². The Morgan fingerprint density at radius 2 is 0.750 bits per heavy atom. The average Bonchev–Trinajstić information content (AvgIpc) is 3.92. The quantitative estimate of drug-likeness (QED) is 0.169. The fraction of sp³-hybridized carbons (Fsp3) is 0.0526. The van der Waals surface area contributed by atoms with Gasteiger partial charge in [-0.05, 0) is 128 Å². The predicted octanol–water partition coefficient (Wildman–Crippen LogP) is 16.3. The van der Waals surface area contributed by atoms with Gasteiger partial charge >= 0.3 is 0 Å². The highest BCUT2D eigenvalue weighted by Crippen LogP contribution is 2.50. The van der Waals surface area contributed by atoms with E-state index in [-0.39, 0.29) is 5.41 Å². The maximum Gasteiger partial charge on any atom is 0.136 e. The zero-order valence-electron chi connectivity index (χ0n) is 33.3. The van der Waals surface area contributed by atoms with Gasteiger partial charge in [0.2, 0.25) is 0 Å². The summed E-state index contributed by atoms with van der Waals surface area (Å²) in [5, 5.41) is 4.19. The third kappa shape index (κ3) is 5.43. The highest BCUT2D eigenvalue weighted by molar-refractivity contribution is 6.16. The minimum absolute atomic E-state index is 0.0194. The van der Waals surface area contributed by atoms with Gasteiger partial charge in [-0.25, -0.2) is 0 Å². The molecule has 3 heteroatoms. The smallest absolute Gasteiger partial charge is 0.136 e. The van der Waals surface area contributed by atoms with E-state index in [1.165, 1.54) is 55.6 Å². The van der Waals surface area contributed by atoms with Crippen LogP contribution < -0.4 is 4.90 Å². The minimum atomic E-state index is -0.0194. The molecule has 1 aliphatic carbocycles. The summed E-state index contributed by atoms with van der Waals surface area (Å²) in [6.45, 7) is 4.65. The molecule has 2 aromatic heterocycles. The molecule has 0 amide bonds. The highest BCUT2D eigenvalue weighted by atomic mass is 16.3. The van der Waals surface area contributed by atoms with Gasteiger partial charge in [0.1, 0.15) is 22.3 Å². The van der Waals surface area contributed by atoms with Crippen molar-refractivity contribution in [2.75, 3.05) is 4.90 Å². The fourth-order valence-corrected chi connectivity index (χ4v) is 9.57. The van der Waals surface area contributed by atoms with Crippen LogP contribution in [0.5, 0.6) is 0 Å². The number of benzene rings is 9. The Kier molecular flexibility index (Phi) is 7.58. The summed E-state index contributed by atoms with van der Waals surface area (Å²) in [6, 6.07) is 71.8. The van der Waals surface area contributed by atoms with Crippen LogP contribution in [0, 0.1) is 0 Å². The van der Waals surface area contributed by atoms with Crippen molar-refractivity contribution in [3.63, 3.8) is 0 Å². The first-order chi connectivity index (χ1) is 29.5. The number of nitrogens with zero attached hydrogens (tertiary/aromatic N) is 1. The molecule has 0 spiro atoms. The molecule has 0 unspecified atom stereocenters. The molecule has 0 saturated heterocycles. The van der Waals surface area contributed by atoms with Gasteiger partial charge in [-0.15, -0.1) is 0 Å². The summed E-state index contributed by atoms with van der Waals surface area (Å²) >= 11 is 0. The third-order valence-electron chi connectivity index (χ3n) is 12.7. The normalized spacial score (nSPS) is 13.0. The van der Waals surface area contributed by atoms with Gasteiger partial charge in [-0.3, -0.25) is 0 Å². The largest absolute Gasteiger partial charge is 0.456 e. The van der Waals surface area contributed by atoms with E-state index in [0.717, 1.165) is 60.9 Å². The molecular weight excluding hydrogens is 731 g/mol. The van der Waals surface area contributed by atoms with Gasteiger partial charge in [0, 0.05) is 44.0 Å². The van der Waals surface area contributed by atoms with Gasteiger partial charge < -0.3 is 13.7 Å². The maximum absolute atomic E-state index is 6.61. The van der Waals surface area contributed by atoms with Crippen molar-refractivity contribution in [2.45, 2.75) is 19.3 Å². The third-order valence-corrected chi connectivity index (χ3v) is 12.7. The number of furan rings is 2. The average molecular weight is 770 g/mol. The maximum atomic E-state index is 6.61. The molecule has 0 N–H and O–H groups in total. The van der Waals surface area contributed by atoms with Crippen LogP contribution in [0.4, 0.5) is 17.1 Å². The summed E-state index contributed by atoms with van der Waals surface area (Å²) in [7, 11) is 0. The van der Waals surface area contributed by atoms with Crippen molar-refractivity contribution in [2.24, 2.45) is 0 Å². The molecule has 0 fully saturated rings. The molecule has 11 aromatic rings. The van der Waals surface area contributed by atoms with Crippen LogP contribution in [0.1, 0.15) is 25.0 Å². The zero-order chi connectivity index (χ0) is 40.0. The summed E-state index contributed by atoms with van der Waals surface area (Å²) in [4.78, 5) is 2.32. The number of fused-ring (bicyclic) bond motifs is 9. The molecule has 0 radical (unpaired) electrons. The lowest BCUT2D eigenvalue weighted by atomic mass is 9.82.